The van der Waals surface area contributed by atoms with Gasteiger partial charge in [-0.2, -0.15) is 0 Å². The molecule has 0 amide bonds. The van der Waals surface area contributed by atoms with Crippen LogP contribution in [0.25, 0.3) is 0 Å². The van der Waals surface area contributed by atoms with E-state index in [1.165, 1.54) is 51.4 Å². The van der Waals surface area contributed by atoms with Gasteiger partial charge in [0.25, 0.3) is 0 Å². The molecule has 1 atom stereocenters. The monoisotopic (exact) mass is 168 g/mol. The Labute approximate surface area is 77.7 Å². The number of hydrogen-bond acceptors (Lipinski definition) is 0. The fourth-order valence-corrected chi connectivity index (χ4v) is 2.47. The van der Waals surface area contributed by atoms with Gasteiger partial charge in [0.1, 0.15) is 0 Å². The fraction of sp³-hybridized carbons (Fsp3) is 1.00. The molecule has 0 aromatic heterocycles. The van der Waals surface area contributed by atoms with Crippen molar-refractivity contribution < 1.29 is 0 Å². The summed E-state index contributed by atoms with van der Waals surface area (Å²) in [4.78, 5) is 0. The van der Waals surface area contributed by atoms with Crippen LogP contribution in [0.3, 0.4) is 0 Å². The Hall–Kier alpha value is 0. The summed E-state index contributed by atoms with van der Waals surface area (Å²) in [5.74, 6) is 2.08. The Morgan fingerprint density at radius 1 is 1.17 bits per heavy atom. The van der Waals surface area contributed by atoms with Gasteiger partial charge in [0, 0.05) is 0 Å². The molecule has 1 fully saturated rings. The van der Waals surface area contributed by atoms with E-state index in [0.717, 1.165) is 11.8 Å². The van der Waals surface area contributed by atoms with Crippen LogP contribution < -0.4 is 0 Å². The van der Waals surface area contributed by atoms with E-state index in [-0.39, 0.29) is 0 Å². The SMILES string of the molecule is CCCC[C@H](C)C1CCCCC1. The van der Waals surface area contributed by atoms with E-state index >= 15 is 0 Å². The van der Waals surface area contributed by atoms with E-state index in [9.17, 15) is 0 Å². The lowest BCUT2D eigenvalue weighted by molar-refractivity contribution is 0.248. The van der Waals surface area contributed by atoms with Crippen LogP contribution in [0, 0.1) is 11.8 Å². The normalized spacial score (nSPS) is 22.5. The largest absolute Gasteiger partial charge is 0.0654 e. The van der Waals surface area contributed by atoms with Gasteiger partial charge in [0.2, 0.25) is 0 Å². The van der Waals surface area contributed by atoms with Crippen LogP contribution in [0.4, 0.5) is 0 Å². The summed E-state index contributed by atoms with van der Waals surface area (Å²) in [6.45, 7) is 4.76. The van der Waals surface area contributed by atoms with Crippen LogP contribution in [-0.2, 0) is 0 Å². The molecule has 1 rings (SSSR count). The Morgan fingerprint density at radius 3 is 2.42 bits per heavy atom. The molecule has 0 aromatic rings. The Kier molecular flexibility index (Phi) is 4.72. The van der Waals surface area contributed by atoms with Crippen molar-refractivity contribution >= 4 is 0 Å². The molecule has 0 unspecified atom stereocenters. The molecule has 1 aliphatic carbocycles. The topological polar surface area (TPSA) is 0 Å². The molecule has 0 saturated heterocycles. The van der Waals surface area contributed by atoms with Crippen molar-refractivity contribution in [1.29, 1.82) is 0 Å². The summed E-state index contributed by atoms with van der Waals surface area (Å²) in [5, 5.41) is 0. The highest BCUT2D eigenvalue weighted by Gasteiger charge is 2.18. The van der Waals surface area contributed by atoms with Crippen LogP contribution in [-0.4, -0.2) is 0 Å². The lowest BCUT2D eigenvalue weighted by Crippen LogP contribution is -2.15. The molecular formula is C12H24. The first-order valence-electron chi connectivity index (χ1n) is 5.84. The Balaban J connectivity index is 2.15. The number of hydrogen-bond donors (Lipinski definition) is 0. The van der Waals surface area contributed by atoms with Gasteiger partial charge in [0.05, 0.1) is 0 Å². The summed E-state index contributed by atoms with van der Waals surface area (Å²) in [6, 6.07) is 0. The van der Waals surface area contributed by atoms with Gasteiger partial charge >= 0.3 is 0 Å². The second kappa shape index (κ2) is 5.61. The van der Waals surface area contributed by atoms with Crippen molar-refractivity contribution in [3.8, 4) is 0 Å². The Bertz CT molecular complexity index is 101. The third kappa shape index (κ3) is 3.16. The fourth-order valence-electron chi connectivity index (χ4n) is 2.47. The molecule has 0 nitrogen and oxygen atoms in total. The minimum Gasteiger partial charge on any atom is -0.0654 e. The molecule has 0 heteroatoms. The van der Waals surface area contributed by atoms with Gasteiger partial charge in [-0.05, 0) is 11.8 Å². The van der Waals surface area contributed by atoms with Gasteiger partial charge in [-0.3, -0.25) is 0 Å². The maximum absolute atomic E-state index is 2.46. The van der Waals surface area contributed by atoms with E-state index in [1.807, 2.05) is 0 Å². The minimum atomic E-state index is 1.00. The van der Waals surface area contributed by atoms with Crippen molar-refractivity contribution in [2.75, 3.05) is 0 Å². The number of unbranched alkanes of at least 4 members (excludes halogenated alkanes) is 1. The van der Waals surface area contributed by atoms with Crippen LogP contribution in [0.1, 0.15) is 65.2 Å². The first kappa shape index (κ1) is 10.1. The zero-order valence-corrected chi connectivity index (χ0v) is 8.81. The predicted octanol–water partition coefficient (Wildman–Crippen LogP) is 4.39. The molecule has 0 radical (unpaired) electrons. The second-order valence-electron chi connectivity index (χ2n) is 4.52. The molecule has 12 heavy (non-hydrogen) atoms. The van der Waals surface area contributed by atoms with E-state index in [0.29, 0.717) is 0 Å². The van der Waals surface area contributed by atoms with Gasteiger partial charge in [-0.1, -0.05) is 65.2 Å². The summed E-state index contributed by atoms with van der Waals surface area (Å²) in [7, 11) is 0. The van der Waals surface area contributed by atoms with E-state index < -0.39 is 0 Å². The Morgan fingerprint density at radius 2 is 1.83 bits per heavy atom. The lowest BCUT2D eigenvalue weighted by Gasteiger charge is -2.27. The zero-order valence-electron chi connectivity index (χ0n) is 8.81. The van der Waals surface area contributed by atoms with Gasteiger partial charge in [-0.25, -0.2) is 0 Å². The highest BCUT2D eigenvalue weighted by Crippen LogP contribution is 2.32. The van der Waals surface area contributed by atoms with Crippen molar-refractivity contribution in [3.05, 3.63) is 0 Å². The molecule has 1 saturated carbocycles. The van der Waals surface area contributed by atoms with E-state index in [4.69, 9.17) is 0 Å². The minimum absolute atomic E-state index is 1.00. The zero-order chi connectivity index (χ0) is 8.81. The lowest BCUT2D eigenvalue weighted by atomic mass is 9.79. The summed E-state index contributed by atoms with van der Waals surface area (Å²) >= 11 is 0. The highest BCUT2D eigenvalue weighted by atomic mass is 14.2. The molecule has 0 spiro atoms. The molecule has 0 N–H and O–H groups in total. The molecule has 72 valence electrons. The van der Waals surface area contributed by atoms with Crippen LogP contribution >= 0.6 is 0 Å². The molecule has 1 aliphatic rings. The van der Waals surface area contributed by atoms with Crippen LogP contribution in [0.5, 0.6) is 0 Å². The molecule has 0 aromatic carbocycles. The highest BCUT2D eigenvalue weighted by molar-refractivity contribution is 4.70. The first-order chi connectivity index (χ1) is 5.84. The average Bonchev–Trinajstić information content (AvgIpc) is 2.15. The second-order valence-corrected chi connectivity index (χ2v) is 4.52. The number of rotatable bonds is 4. The van der Waals surface area contributed by atoms with Gasteiger partial charge in [-0.15, -0.1) is 0 Å². The molecule has 0 bridgehead atoms. The van der Waals surface area contributed by atoms with E-state index in [1.54, 1.807) is 0 Å². The van der Waals surface area contributed by atoms with Crippen LogP contribution in [0.15, 0.2) is 0 Å². The summed E-state index contributed by atoms with van der Waals surface area (Å²) in [5.41, 5.74) is 0. The predicted molar refractivity (Wildman–Crippen MR) is 55.3 cm³/mol. The van der Waals surface area contributed by atoms with Crippen molar-refractivity contribution in [2.24, 2.45) is 11.8 Å². The van der Waals surface area contributed by atoms with Gasteiger partial charge < -0.3 is 0 Å². The third-order valence-corrected chi connectivity index (χ3v) is 3.47. The maximum atomic E-state index is 2.46. The smallest absolute Gasteiger partial charge is 0.0388 e. The average molecular weight is 168 g/mol. The molecule has 0 heterocycles. The summed E-state index contributed by atoms with van der Waals surface area (Å²) < 4.78 is 0. The molecule has 0 aliphatic heterocycles. The van der Waals surface area contributed by atoms with Gasteiger partial charge in [0.15, 0.2) is 0 Å². The van der Waals surface area contributed by atoms with Crippen LogP contribution in [0.2, 0.25) is 0 Å². The maximum Gasteiger partial charge on any atom is -0.0388 e. The summed E-state index contributed by atoms with van der Waals surface area (Å²) in [6.07, 6.45) is 11.8. The van der Waals surface area contributed by atoms with E-state index in [2.05, 4.69) is 13.8 Å². The quantitative estimate of drug-likeness (QED) is 0.584. The standard InChI is InChI=1S/C12H24/c1-3-4-8-11(2)12-9-6-5-7-10-12/h11-12H,3-10H2,1-2H3/t11-/m0/s1. The first-order valence-corrected chi connectivity index (χ1v) is 5.84. The molecular weight excluding hydrogens is 144 g/mol. The van der Waals surface area contributed by atoms with Crippen molar-refractivity contribution in [2.45, 2.75) is 65.2 Å². The van der Waals surface area contributed by atoms with Crippen molar-refractivity contribution in [1.82, 2.24) is 0 Å². The van der Waals surface area contributed by atoms with Crippen molar-refractivity contribution in [3.63, 3.8) is 0 Å². The third-order valence-electron chi connectivity index (χ3n) is 3.47.